The Kier molecular flexibility index (Phi) is 5.63. The molecule has 0 aromatic heterocycles. The average Bonchev–Trinajstić information content (AvgIpc) is 2.51. The lowest BCUT2D eigenvalue weighted by molar-refractivity contribution is -0.178. The van der Waals surface area contributed by atoms with Crippen molar-refractivity contribution in [1.82, 2.24) is 0 Å². The third-order valence-corrected chi connectivity index (χ3v) is 2.99. The molecule has 0 bridgehead atoms. The summed E-state index contributed by atoms with van der Waals surface area (Å²) in [6, 6.07) is 4.10. The van der Waals surface area contributed by atoms with E-state index in [1.54, 1.807) is 0 Å². The number of methoxy groups -OCH3 is 1. The normalized spacial score (nSPS) is 15.3. The van der Waals surface area contributed by atoms with Gasteiger partial charge < -0.3 is 30.3 Å². The third kappa shape index (κ3) is 3.42. The molecule has 1 rings (SSSR count). The monoisotopic (exact) mass is 312 g/mol. The van der Waals surface area contributed by atoms with Gasteiger partial charge in [0, 0.05) is 0 Å². The van der Waals surface area contributed by atoms with Crippen LogP contribution in [0.1, 0.15) is 5.56 Å². The minimum absolute atomic E-state index is 0.122. The average molecular weight is 312 g/mol. The standard InChI is InChI=1S/C14H16O8/c1-22-10-6-8(2-4-9(10)16)3-5-11(17)14(21,13(19)20)12(18)7-15/h2-6,12,15-16,18,21H,7H2,1H3,(H,19,20)/b5-3+/t12-,14+/m1/s1. The van der Waals surface area contributed by atoms with Crippen molar-refractivity contribution in [3.63, 3.8) is 0 Å². The highest BCUT2D eigenvalue weighted by atomic mass is 16.5. The summed E-state index contributed by atoms with van der Waals surface area (Å²) in [6.45, 7) is -1.10. The highest BCUT2D eigenvalue weighted by molar-refractivity contribution is 6.13. The number of ketones is 1. The van der Waals surface area contributed by atoms with Crippen LogP contribution in [0.15, 0.2) is 24.3 Å². The Morgan fingerprint density at radius 1 is 1.41 bits per heavy atom. The Balaban J connectivity index is 3.06. The number of hydrogen-bond donors (Lipinski definition) is 5. The first-order valence-corrected chi connectivity index (χ1v) is 6.11. The molecule has 0 spiro atoms. The molecule has 0 amide bonds. The fraction of sp³-hybridized carbons (Fsp3) is 0.286. The minimum atomic E-state index is -3.15. The number of phenols is 1. The Bertz CT molecular complexity index is 595. The molecule has 22 heavy (non-hydrogen) atoms. The molecule has 8 nitrogen and oxygen atoms in total. The number of aliphatic hydroxyl groups excluding tert-OH is 2. The second kappa shape index (κ2) is 7.03. The number of carboxylic acids is 1. The van der Waals surface area contributed by atoms with Crippen LogP contribution in [0.5, 0.6) is 11.5 Å². The summed E-state index contributed by atoms with van der Waals surface area (Å²) in [6.07, 6.45) is -0.252. The second-order valence-corrected chi connectivity index (χ2v) is 4.40. The Labute approximate surface area is 125 Å². The molecular weight excluding hydrogens is 296 g/mol. The predicted molar refractivity (Wildman–Crippen MR) is 74.4 cm³/mol. The van der Waals surface area contributed by atoms with E-state index < -0.39 is 30.1 Å². The molecule has 5 N–H and O–H groups in total. The Morgan fingerprint density at radius 3 is 2.55 bits per heavy atom. The molecular formula is C14H16O8. The van der Waals surface area contributed by atoms with Gasteiger partial charge >= 0.3 is 5.97 Å². The summed E-state index contributed by atoms with van der Waals surface area (Å²) >= 11 is 0. The fourth-order valence-electron chi connectivity index (χ4n) is 1.64. The van der Waals surface area contributed by atoms with Crippen LogP contribution in [0.3, 0.4) is 0 Å². The first kappa shape index (κ1) is 17.6. The zero-order chi connectivity index (χ0) is 16.9. The van der Waals surface area contributed by atoms with Crippen LogP contribution in [0, 0.1) is 0 Å². The third-order valence-electron chi connectivity index (χ3n) is 2.99. The quantitative estimate of drug-likeness (QED) is 0.323. The number of carbonyl (C=O) groups excluding carboxylic acids is 1. The SMILES string of the molecule is COc1cc(/C=C/C(=O)[C@@](O)(C(=O)O)[C@H](O)CO)ccc1O. The molecule has 120 valence electrons. The van der Waals surface area contributed by atoms with Gasteiger partial charge in [0.2, 0.25) is 5.78 Å². The predicted octanol–water partition coefficient (Wildman–Crippen LogP) is -0.848. The molecule has 1 aromatic rings. The second-order valence-electron chi connectivity index (χ2n) is 4.40. The van der Waals surface area contributed by atoms with Gasteiger partial charge in [0.1, 0.15) is 6.10 Å². The Morgan fingerprint density at radius 2 is 2.05 bits per heavy atom. The van der Waals surface area contributed by atoms with E-state index in [1.165, 1.54) is 31.4 Å². The van der Waals surface area contributed by atoms with Crippen LogP contribution in [0.25, 0.3) is 6.08 Å². The molecule has 8 heteroatoms. The van der Waals surface area contributed by atoms with Crippen molar-refractivity contribution in [2.75, 3.05) is 13.7 Å². The van der Waals surface area contributed by atoms with Crippen molar-refractivity contribution >= 4 is 17.8 Å². The topological polar surface area (TPSA) is 145 Å². The van der Waals surface area contributed by atoms with Gasteiger partial charge in [-0.15, -0.1) is 0 Å². The molecule has 0 fully saturated rings. The lowest BCUT2D eigenvalue weighted by atomic mass is 9.91. The van der Waals surface area contributed by atoms with Gasteiger partial charge in [-0.2, -0.15) is 0 Å². The molecule has 0 unspecified atom stereocenters. The molecule has 2 atom stereocenters. The zero-order valence-corrected chi connectivity index (χ0v) is 11.6. The molecule has 0 aliphatic heterocycles. The minimum Gasteiger partial charge on any atom is -0.504 e. The van der Waals surface area contributed by atoms with E-state index in [0.717, 1.165) is 6.08 Å². The van der Waals surface area contributed by atoms with Crippen molar-refractivity contribution in [2.24, 2.45) is 0 Å². The van der Waals surface area contributed by atoms with E-state index in [2.05, 4.69) is 0 Å². The van der Waals surface area contributed by atoms with Crippen molar-refractivity contribution in [3.8, 4) is 11.5 Å². The van der Waals surface area contributed by atoms with Gasteiger partial charge in [0.25, 0.3) is 5.60 Å². The molecule has 0 heterocycles. The van der Waals surface area contributed by atoms with Gasteiger partial charge in [-0.3, -0.25) is 4.79 Å². The number of aromatic hydroxyl groups is 1. The number of ether oxygens (including phenoxy) is 1. The molecule has 0 saturated carbocycles. The van der Waals surface area contributed by atoms with Crippen molar-refractivity contribution in [2.45, 2.75) is 11.7 Å². The molecule has 0 aliphatic rings. The van der Waals surface area contributed by atoms with Crippen LogP contribution < -0.4 is 4.74 Å². The summed E-state index contributed by atoms with van der Waals surface area (Å²) < 4.78 is 4.87. The number of carboxylic acid groups (broad SMARTS) is 1. The van der Waals surface area contributed by atoms with Gasteiger partial charge in [-0.05, 0) is 23.8 Å². The summed E-state index contributed by atoms with van der Waals surface area (Å²) in [5.74, 6) is -3.28. The number of rotatable bonds is 7. The lowest BCUT2D eigenvalue weighted by Crippen LogP contribution is -2.56. The highest BCUT2D eigenvalue weighted by Crippen LogP contribution is 2.27. The van der Waals surface area contributed by atoms with E-state index in [0.29, 0.717) is 5.56 Å². The van der Waals surface area contributed by atoms with E-state index in [9.17, 15) is 24.9 Å². The van der Waals surface area contributed by atoms with E-state index in [4.69, 9.17) is 14.9 Å². The number of carbonyl (C=O) groups is 2. The smallest absolute Gasteiger partial charge is 0.346 e. The van der Waals surface area contributed by atoms with Crippen molar-refractivity contribution < 1.29 is 39.9 Å². The molecule has 0 radical (unpaired) electrons. The number of phenolic OH excluding ortho intramolecular Hbond substituents is 1. The highest BCUT2D eigenvalue weighted by Gasteiger charge is 2.49. The summed E-state index contributed by atoms with van der Waals surface area (Å²) in [5, 5.41) is 46.2. The van der Waals surface area contributed by atoms with E-state index in [1.807, 2.05) is 0 Å². The van der Waals surface area contributed by atoms with Crippen LogP contribution in [-0.2, 0) is 9.59 Å². The van der Waals surface area contributed by atoms with Crippen LogP contribution in [0.4, 0.5) is 0 Å². The molecule has 0 saturated heterocycles. The van der Waals surface area contributed by atoms with Crippen molar-refractivity contribution in [1.29, 1.82) is 0 Å². The maximum absolute atomic E-state index is 11.8. The lowest BCUT2D eigenvalue weighted by Gasteiger charge is -2.24. The molecule has 1 aromatic carbocycles. The number of benzene rings is 1. The summed E-state index contributed by atoms with van der Waals surface area (Å²) in [5.41, 5.74) is -2.76. The van der Waals surface area contributed by atoms with E-state index >= 15 is 0 Å². The first-order chi connectivity index (χ1) is 10.3. The van der Waals surface area contributed by atoms with Crippen LogP contribution in [-0.4, -0.2) is 62.7 Å². The number of aliphatic carboxylic acids is 1. The summed E-state index contributed by atoms with van der Waals surface area (Å²) in [4.78, 5) is 22.8. The van der Waals surface area contributed by atoms with Crippen LogP contribution in [0.2, 0.25) is 0 Å². The maximum atomic E-state index is 11.8. The number of aliphatic hydroxyl groups is 3. The van der Waals surface area contributed by atoms with Gasteiger partial charge in [0.05, 0.1) is 13.7 Å². The summed E-state index contributed by atoms with van der Waals surface area (Å²) in [7, 11) is 1.33. The zero-order valence-electron chi connectivity index (χ0n) is 11.6. The fourth-order valence-corrected chi connectivity index (χ4v) is 1.64. The number of hydrogen-bond acceptors (Lipinski definition) is 7. The largest absolute Gasteiger partial charge is 0.504 e. The van der Waals surface area contributed by atoms with Gasteiger partial charge in [-0.25, -0.2) is 4.79 Å². The van der Waals surface area contributed by atoms with E-state index in [-0.39, 0.29) is 11.5 Å². The molecule has 0 aliphatic carbocycles. The first-order valence-electron chi connectivity index (χ1n) is 6.11. The van der Waals surface area contributed by atoms with Crippen LogP contribution >= 0.6 is 0 Å². The van der Waals surface area contributed by atoms with Gasteiger partial charge in [0.15, 0.2) is 11.5 Å². The Hall–Kier alpha value is -2.42. The van der Waals surface area contributed by atoms with Crippen molar-refractivity contribution in [3.05, 3.63) is 29.8 Å². The maximum Gasteiger partial charge on any atom is 0.346 e. The van der Waals surface area contributed by atoms with Gasteiger partial charge in [-0.1, -0.05) is 12.1 Å².